The molecule has 2 rings (SSSR count). The summed E-state index contributed by atoms with van der Waals surface area (Å²) in [6.45, 7) is 6.50. The van der Waals surface area contributed by atoms with Gasteiger partial charge in [-0.15, -0.1) is 11.8 Å². The Kier molecular flexibility index (Phi) is 3.78. The molecule has 1 saturated carbocycles. The predicted octanol–water partition coefficient (Wildman–Crippen LogP) is 2.73. The van der Waals surface area contributed by atoms with Crippen molar-refractivity contribution < 1.29 is 9.63 Å². The molecule has 0 aliphatic heterocycles. The van der Waals surface area contributed by atoms with Crippen LogP contribution in [0.5, 0.6) is 0 Å². The summed E-state index contributed by atoms with van der Waals surface area (Å²) in [5, 5.41) is 13.8. The molecular weight excluding hydrogens is 236 g/mol. The van der Waals surface area contributed by atoms with Crippen molar-refractivity contribution in [3.05, 3.63) is 11.7 Å². The summed E-state index contributed by atoms with van der Waals surface area (Å²) >= 11 is 1.80. The molecule has 0 aromatic carbocycles. The van der Waals surface area contributed by atoms with Crippen LogP contribution in [-0.2, 0) is 5.75 Å². The van der Waals surface area contributed by atoms with Crippen LogP contribution in [0, 0.1) is 0 Å². The highest BCUT2D eigenvalue weighted by Gasteiger charge is 2.31. The molecule has 1 aromatic rings. The van der Waals surface area contributed by atoms with Crippen LogP contribution in [0.15, 0.2) is 4.52 Å². The highest BCUT2D eigenvalue weighted by Crippen LogP contribution is 2.34. The van der Waals surface area contributed by atoms with Gasteiger partial charge in [0.05, 0.1) is 17.8 Å². The highest BCUT2D eigenvalue weighted by molar-refractivity contribution is 7.99. The van der Waals surface area contributed by atoms with Gasteiger partial charge in [0.2, 0.25) is 5.89 Å². The Labute approximate surface area is 106 Å². The lowest BCUT2D eigenvalue weighted by atomic mass is 10.1. The fourth-order valence-electron chi connectivity index (χ4n) is 1.99. The first-order chi connectivity index (χ1) is 7.96. The quantitative estimate of drug-likeness (QED) is 0.901. The van der Waals surface area contributed by atoms with Crippen molar-refractivity contribution in [2.45, 2.75) is 62.6 Å². The first-order valence-electron chi connectivity index (χ1n) is 6.10. The molecule has 2 atom stereocenters. The number of hydrogen-bond acceptors (Lipinski definition) is 5. The normalized spacial score (nSPS) is 25.4. The van der Waals surface area contributed by atoms with Crippen LogP contribution < -0.4 is 0 Å². The van der Waals surface area contributed by atoms with Gasteiger partial charge in [-0.25, -0.2) is 0 Å². The van der Waals surface area contributed by atoms with Gasteiger partial charge in [0.15, 0.2) is 5.82 Å². The Morgan fingerprint density at radius 2 is 2.18 bits per heavy atom. The molecule has 1 aromatic heterocycles. The van der Waals surface area contributed by atoms with Crippen LogP contribution in [-0.4, -0.2) is 26.1 Å². The summed E-state index contributed by atoms with van der Waals surface area (Å²) in [4.78, 5) is 4.39. The lowest BCUT2D eigenvalue weighted by molar-refractivity contribution is 0.148. The van der Waals surface area contributed by atoms with Gasteiger partial charge >= 0.3 is 0 Å². The molecule has 0 amide bonds. The minimum absolute atomic E-state index is 0.0517. The molecule has 1 heterocycles. The van der Waals surface area contributed by atoms with Crippen LogP contribution in [0.1, 0.15) is 57.7 Å². The van der Waals surface area contributed by atoms with Crippen LogP contribution >= 0.6 is 11.8 Å². The number of aliphatic hydroxyl groups is 1. The van der Waals surface area contributed by atoms with Crippen molar-refractivity contribution in [2.24, 2.45) is 0 Å². The van der Waals surface area contributed by atoms with Crippen LogP contribution in [0.3, 0.4) is 0 Å². The highest BCUT2D eigenvalue weighted by atomic mass is 32.2. The third-order valence-electron chi connectivity index (χ3n) is 2.91. The summed E-state index contributed by atoms with van der Waals surface area (Å²) in [6.07, 6.45) is 2.54. The van der Waals surface area contributed by atoms with Gasteiger partial charge in [-0.1, -0.05) is 25.9 Å². The van der Waals surface area contributed by atoms with E-state index in [2.05, 4.69) is 30.9 Å². The molecule has 0 spiro atoms. The zero-order valence-corrected chi connectivity index (χ0v) is 11.5. The fraction of sp³-hybridized carbons (Fsp3) is 0.833. The second-order valence-electron chi connectivity index (χ2n) is 5.55. The van der Waals surface area contributed by atoms with E-state index in [-0.39, 0.29) is 16.8 Å². The second-order valence-corrected chi connectivity index (χ2v) is 7.36. The van der Waals surface area contributed by atoms with Crippen LogP contribution in [0.4, 0.5) is 0 Å². The first-order valence-corrected chi connectivity index (χ1v) is 7.09. The second kappa shape index (κ2) is 4.98. The van der Waals surface area contributed by atoms with Gasteiger partial charge in [-0.05, 0) is 19.3 Å². The van der Waals surface area contributed by atoms with Gasteiger partial charge in [0.1, 0.15) is 0 Å². The SMILES string of the molecule is CC(C)(C)SCc1noc(C2CCCC2O)n1. The first kappa shape index (κ1) is 12.9. The Morgan fingerprint density at radius 1 is 1.41 bits per heavy atom. The molecular formula is C12H20N2O2S. The van der Waals surface area contributed by atoms with E-state index in [0.717, 1.165) is 30.8 Å². The maximum absolute atomic E-state index is 9.78. The topological polar surface area (TPSA) is 59.2 Å². The molecule has 1 aliphatic rings. The third kappa shape index (κ3) is 3.45. The standard InChI is InChI=1S/C12H20N2O2S/c1-12(2,3)17-7-10-13-11(16-14-10)8-5-4-6-9(8)15/h8-9,15H,4-7H2,1-3H3. The Bertz CT molecular complexity index is 373. The maximum Gasteiger partial charge on any atom is 0.232 e. The van der Waals surface area contributed by atoms with Gasteiger partial charge in [0, 0.05) is 4.75 Å². The van der Waals surface area contributed by atoms with Crippen LogP contribution in [0.2, 0.25) is 0 Å². The van der Waals surface area contributed by atoms with E-state index in [1.165, 1.54) is 0 Å². The Balaban J connectivity index is 1.96. The predicted molar refractivity (Wildman–Crippen MR) is 67.9 cm³/mol. The fourth-order valence-corrected chi connectivity index (χ4v) is 2.67. The van der Waals surface area contributed by atoms with Crippen molar-refractivity contribution in [1.29, 1.82) is 0 Å². The molecule has 96 valence electrons. The molecule has 0 bridgehead atoms. The van der Waals surface area contributed by atoms with E-state index < -0.39 is 0 Å². The third-order valence-corrected chi connectivity index (χ3v) is 4.18. The number of aromatic nitrogens is 2. The minimum atomic E-state index is -0.307. The summed E-state index contributed by atoms with van der Waals surface area (Å²) in [5.41, 5.74) is 0. The van der Waals surface area contributed by atoms with Crippen molar-refractivity contribution in [1.82, 2.24) is 10.1 Å². The van der Waals surface area contributed by atoms with Crippen molar-refractivity contribution >= 4 is 11.8 Å². The van der Waals surface area contributed by atoms with E-state index in [4.69, 9.17) is 4.52 Å². The molecule has 4 nitrogen and oxygen atoms in total. The number of rotatable bonds is 3. The molecule has 1 fully saturated rings. The molecule has 17 heavy (non-hydrogen) atoms. The summed E-state index contributed by atoms with van der Waals surface area (Å²) in [7, 11) is 0. The summed E-state index contributed by atoms with van der Waals surface area (Å²) in [5.74, 6) is 2.16. The van der Waals surface area contributed by atoms with Crippen molar-refractivity contribution in [2.75, 3.05) is 0 Å². The Morgan fingerprint density at radius 3 is 2.76 bits per heavy atom. The molecule has 1 aliphatic carbocycles. The molecule has 1 N–H and O–H groups in total. The Hall–Kier alpha value is -0.550. The molecule has 5 heteroatoms. The van der Waals surface area contributed by atoms with E-state index in [9.17, 15) is 5.11 Å². The number of thioether (sulfide) groups is 1. The molecule has 2 unspecified atom stereocenters. The number of aliphatic hydroxyl groups excluding tert-OH is 1. The van der Waals surface area contributed by atoms with Crippen molar-refractivity contribution in [3.63, 3.8) is 0 Å². The van der Waals surface area contributed by atoms with Gasteiger partial charge in [-0.2, -0.15) is 4.98 Å². The monoisotopic (exact) mass is 256 g/mol. The zero-order chi connectivity index (χ0) is 12.5. The lowest BCUT2D eigenvalue weighted by Gasteiger charge is -2.15. The summed E-state index contributed by atoms with van der Waals surface area (Å²) < 4.78 is 5.45. The zero-order valence-electron chi connectivity index (χ0n) is 10.6. The van der Waals surface area contributed by atoms with E-state index in [0.29, 0.717) is 5.89 Å². The number of nitrogens with zero attached hydrogens (tertiary/aromatic N) is 2. The van der Waals surface area contributed by atoms with Gasteiger partial charge in [-0.3, -0.25) is 0 Å². The smallest absolute Gasteiger partial charge is 0.232 e. The maximum atomic E-state index is 9.78. The van der Waals surface area contributed by atoms with Crippen molar-refractivity contribution in [3.8, 4) is 0 Å². The van der Waals surface area contributed by atoms with Crippen LogP contribution in [0.25, 0.3) is 0 Å². The van der Waals surface area contributed by atoms with E-state index >= 15 is 0 Å². The molecule has 0 saturated heterocycles. The average molecular weight is 256 g/mol. The molecule has 0 radical (unpaired) electrons. The summed E-state index contributed by atoms with van der Waals surface area (Å²) in [6, 6.07) is 0. The van der Waals surface area contributed by atoms with E-state index in [1.54, 1.807) is 11.8 Å². The van der Waals surface area contributed by atoms with E-state index in [1.807, 2.05) is 0 Å². The van der Waals surface area contributed by atoms with Gasteiger partial charge in [0.25, 0.3) is 0 Å². The lowest BCUT2D eigenvalue weighted by Crippen LogP contribution is -2.11. The van der Waals surface area contributed by atoms with Gasteiger partial charge < -0.3 is 9.63 Å². The minimum Gasteiger partial charge on any atom is -0.392 e. The number of hydrogen-bond donors (Lipinski definition) is 1. The average Bonchev–Trinajstić information content (AvgIpc) is 2.81. The largest absolute Gasteiger partial charge is 0.392 e.